The highest BCUT2D eigenvalue weighted by molar-refractivity contribution is 4.98. The van der Waals surface area contributed by atoms with Crippen LogP contribution in [0.2, 0.25) is 0 Å². The molecule has 1 fully saturated rings. The minimum absolute atomic E-state index is 0.333. The second kappa shape index (κ2) is 11.6. The zero-order valence-corrected chi connectivity index (χ0v) is 13.8. The maximum Gasteiger partial charge on any atom is 0.0638 e. The number of ether oxygens (including phenoxy) is 1. The molecule has 0 aromatic rings. The second-order valence-electron chi connectivity index (χ2n) is 6.38. The Morgan fingerprint density at radius 2 is 1.30 bits per heavy atom. The molecular formula is C18H36O2. The van der Waals surface area contributed by atoms with Crippen LogP contribution in [0.5, 0.6) is 0 Å². The van der Waals surface area contributed by atoms with Crippen molar-refractivity contribution in [3.05, 3.63) is 0 Å². The molecule has 1 rings (SSSR count). The van der Waals surface area contributed by atoms with Gasteiger partial charge < -0.3 is 9.84 Å². The Hall–Kier alpha value is -0.0800. The van der Waals surface area contributed by atoms with Crippen LogP contribution >= 0.6 is 0 Å². The number of rotatable bonds is 14. The monoisotopic (exact) mass is 284 g/mol. The molecule has 0 spiro atoms. The van der Waals surface area contributed by atoms with Crippen molar-refractivity contribution < 1.29 is 9.84 Å². The summed E-state index contributed by atoms with van der Waals surface area (Å²) in [5.74, 6) is 1.54. The van der Waals surface area contributed by atoms with E-state index in [0.717, 1.165) is 31.3 Å². The van der Waals surface area contributed by atoms with E-state index in [-0.39, 0.29) is 0 Å². The fourth-order valence-corrected chi connectivity index (χ4v) is 3.45. The Bertz CT molecular complexity index is 217. The van der Waals surface area contributed by atoms with Crippen LogP contribution in [-0.2, 0) is 4.74 Å². The molecule has 0 bridgehead atoms. The topological polar surface area (TPSA) is 29.5 Å². The molecule has 0 saturated heterocycles. The summed E-state index contributed by atoms with van der Waals surface area (Å²) in [7, 11) is 0. The molecule has 3 unspecified atom stereocenters. The molecular weight excluding hydrogens is 248 g/mol. The van der Waals surface area contributed by atoms with Gasteiger partial charge in [-0.1, -0.05) is 58.3 Å². The molecule has 0 aliphatic heterocycles. The first kappa shape index (κ1) is 18.0. The van der Waals surface area contributed by atoms with Crippen molar-refractivity contribution in [2.24, 2.45) is 11.8 Å². The van der Waals surface area contributed by atoms with Crippen molar-refractivity contribution >= 4 is 0 Å². The lowest BCUT2D eigenvalue weighted by molar-refractivity contribution is 0.110. The van der Waals surface area contributed by atoms with Gasteiger partial charge in [0.1, 0.15) is 0 Å². The first-order chi connectivity index (χ1) is 9.85. The van der Waals surface area contributed by atoms with E-state index in [1.807, 2.05) is 0 Å². The third-order valence-electron chi connectivity index (χ3n) is 4.70. The number of unbranched alkanes of at least 4 members (excludes halogenated alkanes) is 7. The zero-order valence-electron chi connectivity index (χ0n) is 13.8. The molecule has 0 radical (unpaired) electrons. The molecule has 20 heavy (non-hydrogen) atoms. The summed E-state index contributed by atoms with van der Waals surface area (Å²) >= 11 is 0. The molecule has 1 aliphatic carbocycles. The van der Waals surface area contributed by atoms with Crippen LogP contribution in [0.4, 0.5) is 0 Å². The van der Waals surface area contributed by atoms with Gasteiger partial charge in [0.05, 0.1) is 6.10 Å². The van der Waals surface area contributed by atoms with Gasteiger partial charge in [-0.2, -0.15) is 0 Å². The highest BCUT2D eigenvalue weighted by Crippen LogP contribution is 2.48. The smallest absolute Gasteiger partial charge is 0.0638 e. The largest absolute Gasteiger partial charge is 0.396 e. The van der Waals surface area contributed by atoms with Gasteiger partial charge in [-0.25, -0.2) is 0 Å². The summed E-state index contributed by atoms with van der Waals surface area (Å²) < 4.78 is 5.82. The fraction of sp³-hybridized carbons (Fsp3) is 1.00. The second-order valence-corrected chi connectivity index (χ2v) is 6.38. The van der Waals surface area contributed by atoms with E-state index >= 15 is 0 Å². The van der Waals surface area contributed by atoms with Crippen molar-refractivity contribution in [2.45, 2.75) is 90.6 Å². The molecule has 1 aliphatic rings. The fourth-order valence-electron chi connectivity index (χ4n) is 3.45. The third kappa shape index (κ3) is 7.08. The van der Waals surface area contributed by atoms with E-state index in [1.165, 1.54) is 57.8 Å². The number of hydrogen-bond acceptors (Lipinski definition) is 2. The van der Waals surface area contributed by atoms with Gasteiger partial charge >= 0.3 is 0 Å². The summed E-state index contributed by atoms with van der Waals surface area (Å²) in [6.07, 6.45) is 15.2. The lowest BCUT2D eigenvalue weighted by Gasteiger charge is -2.02. The summed E-state index contributed by atoms with van der Waals surface area (Å²) in [5.41, 5.74) is 0. The van der Waals surface area contributed by atoms with Crippen molar-refractivity contribution in [2.75, 3.05) is 13.2 Å². The van der Waals surface area contributed by atoms with Crippen molar-refractivity contribution in [3.8, 4) is 0 Å². The normalized spacial score (nSPS) is 25.1. The molecule has 0 amide bonds. The van der Waals surface area contributed by atoms with E-state index in [0.29, 0.717) is 12.7 Å². The Kier molecular flexibility index (Phi) is 10.4. The first-order valence-corrected chi connectivity index (χ1v) is 9.07. The molecule has 3 atom stereocenters. The zero-order chi connectivity index (χ0) is 14.6. The van der Waals surface area contributed by atoms with Crippen molar-refractivity contribution in [3.63, 3.8) is 0 Å². The SMILES string of the molecule is CCCCCCCCCCC1C(CCCO)C1OCC. The standard InChI is InChI=1S/C18H36O2/c1-3-5-6-7-8-9-10-11-13-16-17(14-12-15-19)18(16)20-4-2/h16-19H,3-15H2,1-2H3. The maximum absolute atomic E-state index is 8.94. The molecule has 0 heterocycles. The van der Waals surface area contributed by atoms with E-state index in [2.05, 4.69) is 13.8 Å². The average molecular weight is 284 g/mol. The van der Waals surface area contributed by atoms with Crippen LogP contribution in [-0.4, -0.2) is 24.4 Å². The Labute approximate surface area is 126 Å². The van der Waals surface area contributed by atoms with Gasteiger partial charge in [-0.3, -0.25) is 0 Å². The number of hydrogen-bond donors (Lipinski definition) is 1. The van der Waals surface area contributed by atoms with Crippen LogP contribution < -0.4 is 0 Å². The first-order valence-electron chi connectivity index (χ1n) is 9.07. The molecule has 0 aromatic heterocycles. The van der Waals surface area contributed by atoms with E-state index in [1.54, 1.807) is 0 Å². The summed E-state index contributed by atoms with van der Waals surface area (Å²) in [5, 5.41) is 8.94. The van der Waals surface area contributed by atoms with Crippen LogP contribution in [0.15, 0.2) is 0 Å². The average Bonchev–Trinajstić information content (AvgIpc) is 3.11. The quantitative estimate of drug-likeness (QED) is 0.458. The highest BCUT2D eigenvalue weighted by atomic mass is 16.5. The van der Waals surface area contributed by atoms with Crippen LogP contribution in [0.25, 0.3) is 0 Å². The van der Waals surface area contributed by atoms with Gasteiger partial charge in [0.2, 0.25) is 0 Å². The van der Waals surface area contributed by atoms with Gasteiger partial charge in [-0.15, -0.1) is 0 Å². The van der Waals surface area contributed by atoms with E-state index in [9.17, 15) is 0 Å². The number of aliphatic hydroxyl groups is 1. The minimum Gasteiger partial charge on any atom is -0.396 e. The highest BCUT2D eigenvalue weighted by Gasteiger charge is 2.49. The maximum atomic E-state index is 8.94. The van der Waals surface area contributed by atoms with Gasteiger partial charge in [0.15, 0.2) is 0 Å². The van der Waals surface area contributed by atoms with Gasteiger partial charge in [0, 0.05) is 13.2 Å². The molecule has 2 nitrogen and oxygen atoms in total. The van der Waals surface area contributed by atoms with Crippen LogP contribution in [0, 0.1) is 11.8 Å². The third-order valence-corrected chi connectivity index (χ3v) is 4.70. The summed E-state index contributed by atoms with van der Waals surface area (Å²) in [6, 6.07) is 0. The predicted octanol–water partition coefficient (Wildman–Crippen LogP) is 4.94. The summed E-state index contributed by atoms with van der Waals surface area (Å²) in [4.78, 5) is 0. The molecule has 2 heteroatoms. The minimum atomic E-state index is 0.333. The van der Waals surface area contributed by atoms with Crippen LogP contribution in [0.3, 0.4) is 0 Å². The Balaban J connectivity index is 1.97. The molecule has 1 saturated carbocycles. The van der Waals surface area contributed by atoms with Gasteiger partial charge in [-0.05, 0) is 38.0 Å². The predicted molar refractivity (Wildman–Crippen MR) is 85.9 cm³/mol. The Morgan fingerprint density at radius 3 is 1.85 bits per heavy atom. The summed E-state index contributed by atoms with van der Waals surface area (Å²) in [6.45, 7) is 5.54. The van der Waals surface area contributed by atoms with Crippen molar-refractivity contribution in [1.82, 2.24) is 0 Å². The van der Waals surface area contributed by atoms with Crippen molar-refractivity contribution in [1.29, 1.82) is 0 Å². The van der Waals surface area contributed by atoms with Crippen LogP contribution in [0.1, 0.15) is 84.5 Å². The van der Waals surface area contributed by atoms with Gasteiger partial charge in [0.25, 0.3) is 0 Å². The molecule has 1 N–H and O–H groups in total. The molecule has 120 valence electrons. The number of aliphatic hydroxyl groups excluding tert-OH is 1. The molecule has 0 aromatic carbocycles. The lowest BCUT2D eigenvalue weighted by Crippen LogP contribution is -1.97. The lowest BCUT2D eigenvalue weighted by atomic mass is 10.0. The Morgan fingerprint density at radius 1 is 0.750 bits per heavy atom. The van der Waals surface area contributed by atoms with E-state index in [4.69, 9.17) is 9.84 Å². The van der Waals surface area contributed by atoms with E-state index < -0.39 is 0 Å².